The molecule has 1 fully saturated rings. The van der Waals surface area contributed by atoms with E-state index in [0.717, 1.165) is 17.7 Å². The van der Waals surface area contributed by atoms with E-state index in [1.807, 2.05) is 30.3 Å². The van der Waals surface area contributed by atoms with E-state index in [1.165, 1.54) is 5.57 Å². The fraction of sp³-hybridized carbons (Fsp3) is 0.438. The average molecular weight is 302 g/mol. The second-order valence-electron chi connectivity index (χ2n) is 5.69. The van der Waals surface area contributed by atoms with E-state index in [9.17, 15) is 14.9 Å². The Hall–Kier alpha value is -2.37. The molecule has 1 heterocycles. The third-order valence-electron chi connectivity index (χ3n) is 4.33. The molecule has 3 rings (SSSR count). The van der Waals surface area contributed by atoms with Crippen molar-refractivity contribution in [2.45, 2.75) is 18.9 Å². The van der Waals surface area contributed by atoms with Gasteiger partial charge in [0.15, 0.2) is 0 Å². The molecular weight excluding hydrogens is 284 g/mol. The number of hydrogen-bond acceptors (Lipinski definition) is 4. The van der Waals surface area contributed by atoms with Crippen molar-refractivity contribution in [3.63, 3.8) is 0 Å². The molecule has 0 unspecified atom stereocenters. The summed E-state index contributed by atoms with van der Waals surface area (Å²) in [5.74, 6) is 0.328. The Bertz CT molecular complexity index is 624. The van der Waals surface area contributed by atoms with Crippen LogP contribution in [-0.4, -0.2) is 42.0 Å². The number of benzene rings is 1. The summed E-state index contributed by atoms with van der Waals surface area (Å²) in [5, 5.41) is 10.7. The van der Waals surface area contributed by atoms with Gasteiger partial charge in [-0.25, -0.2) is 0 Å². The first-order valence-electron chi connectivity index (χ1n) is 7.36. The van der Waals surface area contributed by atoms with Crippen molar-refractivity contribution in [1.29, 1.82) is 0 Å². The predicted octanol–water partition coefficient (Wildman–Crippen LogP) is 1.98. The highest BCUT2D eigenvalue weighted by molar-refractivity contribution is 5.83. The number of amides is 1. The summed E-state index contributed by atoms with van der Waals surface area (Å²) in [6, 6.07) is 7.18. The second kappa shape index (κ2) is 5.79. The Morgan fingerprint density at radius 2 is 2.09 bits per heavy atom. The van der Waals surface area contributed by atoms with Gasteiger partial charge in [-0.05, 0) is 29.7 Å². The molecule has 0 radical (unpaired) electrons. The molecule has 1 aromatic carbocycles. The Balaban J connectivity index is 1.62. The zero-order chi connectivity index (χ0) is 15.7. The van der Waals surface area contributed by atoms with E-state index in [-0.39, 0.29) is 10.8 Å². The normalized spacial score (nSPS) is 23.7. The SMILES string of the molecule is COc1ccc(C2=CCN(C(=O)[C@@H]3C[C@@H]3[N+](=O)[O-])CC2)cc1. The second-order valence-corrected chi connectivity index (χ2v) is 5.69. The molecule has 22 heavy (non-hydrogen) atoms. The highest BCUT2D eigenvalue weighted by Crippen LogP contribution is 2.35. The Morgan fingerprint density at radius 1 is 1.36 bits per heavy atom. The number of nitro groups is 1. The molecule has 0 spiro atoms. The van der Waals surface area contributed by atoms with E-state index < -0.39 is 12.0 Å². The molecular formula is C16H18N2O4. The molecule has 0 bridgehead atoms. The number of rotatable bonds is 4. The number of hydrogen-bond donors (Lipinski definition) is 0. The highest BCUT2D eigenvalue weighted by Gasteiger charge is 2.54. The van der Waals surface area contributed by atoms with E-state index in [4.69, 9.17) is 4.74 Å². The maximum absolute atomic E-state index is 12.2. The molecule has 0 saturated heterocycles. The van der Waals surface area contributed by atoms with Gasteiger partial charge in [-0.3, -0.25) is 14.9 Å². The first-order chi connectivity index (χ1) is 10.6. The molecule has 1 amide bonds. The summed E-state index contributed by atoms with van der Waals surface area (Å²) in [6.45, 7) is 1.15. The lowest BCUT2D eigenvalue weighted by Gasteiger charge is -2.26. The average Bonchev–Trinajstić information content (AvgIpc) is 3.35. The molecule has 2 atom stereocenters. The minimum absolute atomic E-state index is 0.0771. The summed E-state index contributed by atoms with van der Waals surface area (Å²) >= 11 is 0. The highest BCUT2D eigenvalue weighted by atomic mass is 16.6. The van der Waals surface area contributed by atoms with Gasteiger partial charge < -0.3 is 9.64 Å². The van der Waals surface area contributed by atoms with Crippen LogP contribution in [0.2, 0.25) is 0 Å². The van der Waals surface area contributed by atoms with Crippen LogP contribution in [0.3, 0.4) is 0 Å². The number of ether oxygens (including phenoxy) is 1. The van der Waals surface area contributed by atoms with Crippen molar-refractivity contribution in [3.8, 4) is 5.75 Å². The van der Waals surface area contributed by atoms with Crippen molar-refractivity contribution >= 4 is 11.5 Å². The van der Waals surface area contributed by atoms with Gasteiger partial charge in [-0.1, -0.05) is 18.2 Å². The van der Waals surface area contributed by atoms with Crippen LogP contribution in [0.1, 0.15) is 18.4 Å². The molecule has 2 aliphatic rings. The summed E-state index contributed by atoms with van der Waals surface area (Å²) in [6.07, 6.45) is 3.19. The van der Waals surface area contributed by atoms with Crippen LogP contribution < -0.4 is 4.74 Å². The van der Waals surface area contributed by atoms with Gasteiger partial charge in [0.05, 0.1) is 7.11 Å². The molecule has 1 aliphatic heterocycles. The van der Waals surface area contributed by atoms with Crippen molar-refractivity contribution in [2.75, 3.05) is 20.2 Å². The van der Waals surface area contributed by atoms with Crippen LogP contribution in [0, 0.1) is 16.0 Å². The zero-order valence-corrected chi connectivity index (χ0v) is 12.4. The first-order valence-corrected chi connectivity index (χ1v) is 7.36. The molecule has 0 N–H and O–H groups in total. The molecule has 1 saturated carbocycles. The van der Waals surface area contributed by atoms with E-state index in [0.29, 0.717) is 19.5 Å². The number of carbonyl (C=O) groups excluding carboxylic acids is 1. The largest absolute Gasteiger partial charge is 0.497 e. The lowest BCUT2D eigenvalue weighted by Crippen LogP contribution is -2.36. The molecule has 0 aromatic heterocycles. The zero-order valence-electron chi connectivity index (χ0n) is 12.4. The van der Waals surface area contributed by atoms with Crippen LogP contribution in [0.4, 0.5) is 0 Å². The first kappa shape index (κ1) is 14.6. The van der Waals surface area contributed by atoms with Crippen LogP contribution in [0.5, 0.6) is 5.75 Å². The van der Waals surface area contributed by atoms with Gasteiger partial charge in [0, 0.05) is 24.4 Å². The molecule has 1 aromatic rings. The van der Waals surface area contributed by atoms with Gasteiger partial charge in [0.1, 0.15) is 11.7 Å². The van der Waals surface area contributed by atoms with Crippen molar-refractivity contribution < 1.29 is 14.5 Å². The minimum atomic E-state index is -0.667. The van der Waals surface area contributed by atoms with Crippen LogP contribution in [0.25, 0.3) is 5.57 Å². The van der Waals surface area contributed by atoms with Gasteiger partial charge in [-0.2, -0.15) is 0 Å². The summed E-state index contributed by atoms with van der Waals surface area (Å²) in [4.78, 5) is 24.2. The standard InChI is InChI=1S/C16H18N2O4/c1-22-13-4-2-11(3-5-13)12-6-8-17(9-7-12)16(19)14-10-15(14)18(20)21/h2-6,14-15H,7-10H2,1H3/t14-,15+/m1/s1. The maximum Gasteiger partial charge on any atom is 0.233 e. The van der Waals surface area contributed by atoms with Crippen LogP contribution >= 0.6 is 0 Å². The minimum Gasteiger partial charge on any atom is -0.497 e. The maximum atomic E-state index is 12.2. The third kappa shape index (κ3) is 2.81. The van der Waals surface area contributed by atoms with Crippen molar-refractivity contribution in [3.05, 3.63) is 46.0 Å². The third-order valence-corrected chi connectivity index (χ3v) is 4.33. The smallest absolute Gasteiger partial charge is 0.233 e. The Kier molecular flexibility index (Phi) is 3.83. The fourth-order valence-corrected chi connectivity index (χ4v) is 2.85. The number of carbonyl (C=O) groups is 1. The van der Waals surface area contributed by atoms with Crippen LogP contribution in [0.15, 0.2) is 30.3 Å². The Morgan fingerprint density at radius 3 is 2.59 bits per heavy atom. The summed E-state index contributed by atoms with van der Waals surface area (Å²) in [7, 11) is 1.63. The molecule has 116 valence electrons. The lowest BCUT2D eigenvalue weighted by atomic mass is 9.99. The Labute approximate surface area is 128 Å². The van der Waals surface area contributed by atoms with Gasteiger partial charge in [-0.15, -0.1) is 0 Å². The summed E-state index contributed by atoms with van der Waals surface area (Å²) < 4.78 is 5.14. The van der Waals surface area contributed by atoms with Gasteiger partial charge in [0.2, 0.25) is 11.9 Å². The topological polar surface area (TPSA) is 72.7 Å². The number of nitrogens with zero attached hydrogens (tertiary/aromatic N) is 2. The molecule has 6 heteroatoms. The van der Waals surface area contributed by atoms with E-state index in [2.05, 4.69) is 0 Å². The van der Waals surface area contributed by atoms with E-state index >= 15 is 0 Å². The van der Waals surface area contributed by atoms with Gasteiger partial charge >= 0.3 is 0 Å². The monoisotopic (exact) mass is 302 g/mol. The van der Waals surface area contributed by atoms with E-state index in [1.54, 1.807) is 12.0 Å². The fourth-order valence-electron chi connectivity index (χ4n) is 2.85. The summed E-state index contributed by atoms with van der Waals surface area (Å²) in [5.41, 5.74) is 2.33. The lowest BCUT2D eigenvalue weighted by molar-refractivity contribution is -0.497. The molecule has 1 aliphatic carbocycles. The van der Waals surface area contributed by atoms with Gasteiger partial charge in [0.25, 0.3) is 0 Å². The quantitative estimate of drug-likeness (QED) is 0.629. The number of methoxy groups -OCH3 is 1. The molecule has 6 nitrogen and oxygen atoms in total. The predicted molar refractivity (Wildman–Crippen MR) is 81.1 cm³/mol. The van der Waals surface area contributed by atoms with Crippen molar-refractivity contribution in [2.24, 2.45) is 5.92 Å². The van der Waals surface area contributed by atoms with Crippen LogP contribution in [-0.2, 0) is 4.79 Å². The van der Waals surface area contributed by atoms with Crippen molar-refractivity contribution in [1.82, 2.24) is 4.90 Å².